The second-order valence-electron chi connectivity index (χ2n) is 6.26. The highest BCUT2D eigenvalue weighted by atomic mass is 32.2. The number of sulfonamides is 1. The molecule has 1 heterocycles. The minimum atomic E-state index is -3.16. The molecule has 25 heavy (non-hydrogen) atoms. The van der Waals surface area contributed by atoms with E-state index in [2.05, 4.69) is 15.5 Å². The summed E-state index contributed by atoms with van der Waals surface area (Å²) >= 11 is 5.21. The minimum Gasteiger partial charge on any atom is -0.367 e. The fourth-order valence-corrected chi connectivity index (χ4v) is 3.56. The predicted molar refractivity (Wildman–Crippen MR) is 104 cm³/mol. The lowest BCUT2D eigenvalue weighted by atomic mass is 10.2. The molecule has 1 fully saturated rings. The van der Waals surface area contributed by atoms with Gasteiger partial charge < -0.3 is 15.5 Å². The number of amides is 1. The summed E-state index contributed by atoms with van der Waals surface area (Å²) < 4.78 is 24.8. The van der Waals surface area contributed by atoms with Gasteiger partial charge >= 0.3 is 0 Å². The molecule has 1 aliphatic rings. The van der Waals surface area contributed by atoms with Crippen molar-refractivity contribution in [3.05, 3.63) is 24.3 Å². The first-order chi connectivity index (χ1) is 11.7. The fourth-order valence-electron chi connectivity index (χ4n) is 2.53. The van der Waals surface area contributed by atoms with Gasteiger partial charge in [0, 0.05) is 32.1 Å². The lowest BCUT2D eigenvalue weighted by Crippen LogP contribution is -2.48. The number of nitrogens with one attached hydrogen (secondary N) is 2. The predicted octanol–water partition coefficient (Wildman–Crippen LogP) is 1.24. The summed E-state index contributed by atoms with van der Waals surface area (Å²) in [7, 11) is -3.16. The lowest BCUT2D eigenvalue weighted by Gasteiger charge is -2.35. The number of nitrogens with zero attached hydrogens (tertiary/aromatic N) is 2. The first kappa shape index (κ1) is 19.6. The molecule has 138 valence electrons. The van der Waals surface area contributed by atoms with Crippen LogP contribution < -0.4 is 15.5 Å². The van der Waals surface area contributed by atoms with E-state index in [4.69, 9.17) is 12.2 Å². The zero-order chi connectivity index (χ0) is 18.6. The molecular weight excluding hydrogens is 360 g/mol. The van der Waals surface area contributed by atoms with Gasteiger partial charge in [-0.05, 0) is 24.4 Å². The van der Waals surface area contributed by atoms with Crippen LogP contribution in [0.3, 0.4) is 0 Å². The van der Waals surface area contributed by atoms with Gasteiger partial charge in [-0.3, -0.25) is 4.79 Å². The smallest absolute Gasteiger partial charge is 0.228 e. The summed E-state index contributed by atoms with van der Waals surface area (Å²) in [5.41, 5.74) is 1.71. The number of benzene rings is 1. The van der Waals surface area contributed by atoms with Crippen molar-refractivity contribution in [2.75, 3.05) is 42.7 Å². The van der Waals surface area contributed by atoms with Crippen LogP contribution in [0.15, 0.2) is 24.3 Å². The summed E-state index contributed by atoms with van der Waals surface area (Å²) in [6, 6.07) is 7.63. The van der Waals surface area contributed by atoms with Crippen LogP contribution in [-0.4, -0.2) is 56.2 Å². The van der Waals surface area contributed by atoms with Crippen LogP contribution in [0.1, 0.15) is 13.8 Å². The van der Waals surface area contributed by atoms with Crippen LogP contribution in [0, 0.1) is 5.92 Å². The van der Waals surface area contributed by atoms with E-state index in [1.54, 1.807) is 13.8 Å². The molecule has 0 bridgehead atoms. The number of para-hydroxylation sites is 2. The van der Waals surface area contributed by atoms with Gasteiger partial charge in [-0.15, -0.1) is 0 Å². The maximum Gasteiger partial charge on any atom is 0.228 e. The Morgan fingerprint density at radius 3 is 2.32 bits per heavy atom. The van der Waals surface area contributed by atoms with Crippen molar-refractivity contribution in [2.24, 2.45) is 5.92 Å². The van der Waals surface area contributed by atoms with Crippen molar-refractivity contribution >= 4 is 44.6 Å². The van der Waals surface area contributed by atoms with Gasteiger partial charge in [-0.2, -0.15) is 4.31 Å². The van der Waals surface area contributed by atoms with Gasteiger partial charge in [-0.1, -0.05) is 26.0 Å². The zero-order valence-electron chi connectivity index (χ0n) is 14.7. The Balaban J connectivity index is 2.06. The monoisotopic (exact) mass is 384 g/mol. The van der Waals surface area contributed by atoms with Crippen LogP contribution in [-0.2, 0) is 14.8 Å². The van der Waals surface area contributed by atoms with Crippen molar-refractivity contribution in [1.29, 1.82) is 0 Å². The highest BCUT2D eigenvalue weighted by Gasteiger charge is 2.24. The number of hydrogen-bond donors (Lipinski definition) is 2. The average Bonchev–Trinajstić information content (AvgIpc) is 2.54. The Morgan fingerprint density at radius 1 is 1.16 bits per heavy atom. The van der Waals surface area contributed by atoms with E-state index in [0.29, 0.717) is 26.2 Å². The van der Waals surface area contributed by atoms with Gasteiger partial charge in [0.2, 0.25) is 15.9 Å². The van der Waals surface area contributed by atoms with Gasteiger partial charge in [-0.25, -0.2) is 8.42 Å². The lowest BCUT2D eigenvalue weighted by molar-refractivity contribution is -0.122. The van der Waals surface area contributed by atoms with E-state index in [9.17, 15) is 13.2 Å². The molecule has 2 N–H and O–H groups in total. The summed E-state index contributed by atoms with van der Waals surface area (Å²) in [5, 5.41) is 5.97. The number of rotatable bonds is 4. The third-order valence-electron chi connectivity index (χ3n) is 3.96. The molecule has 7 nitrogen and oxygen atoms in total. The number of thiocarbonyl (C=S) groups is 1. The third-order valence-corrected chi connectivity index (χ3v) is 5.47. The number of carbonyl (C=O) groups excluding carboxylic acids is 1. The van der Waals surface area contributed by atoms with E-state index in [0.717, 1.165) is 11.4 Å². The summed E-state index contributed by atoms with van der Waals surface area (Å²) in [5.74, 6) is -0.296. The van der Waals surface area contributed by atoms with E-state index in [1.807, 2.05) is 24.3 Å². The van der Waals surface area contributed by atoms with Crippen molar-refractivity contribution in [3.8, 4) is 0 Å². The molecule has 0 spiro atoms. The molecule has 9 heteroatoms. The molecule has 1 amide bonds. The van der Waals surface area contributed by atoms with Crippen molar-refractivity contribution in [2.45, 2.75) is 13.8 Å². The normalized spacial score (nSPS) is 15.9. The Morgan fingerprint density at radius 2 is 1.76 bits per heavy atom. The summed E-state index contributed by atoms with van der Waals surface area (Å²) in [6.07, 6.45) is 1.23. The van der Waals surface area contributed by atoms with E-state index in [-0.39, 0.29) is 16.9 Å². The zero-order valence-corrected chi connectivity index (χ0v) is 16.3. The second kappa shape index (κ2) is 8.11. The first-order valence-corrected chi connectivity index (χ1v) is 10.3. The minimum absolute atomic E-state index is 0.142. The van der Waals surface area contributed by atoms with Gasteiger partial charge in [0.15, 0.2) is 5.11 Å². The van der Waals surface area contributed by atoms with E-state index < -0.39 is 10.0 Å². The van der Waals surface area contributed by atoms with Crippen LogP contribution in [0.5, 0.6) is 0 Å². The van der Waals surface area contributed by atoms with Crippen LogP contribution in [0.4, 0.5) is 11.4 Å². The molecule has 1 aromatic rings. The Kier molecular flexibility index (Phi) is 6.36. The van der Waals surface area contributed by atoms with Gasteiger partial charge in [0.05, 0.1) is 17.6 Å². The Hall–Kier alpha value is -1.71. The van der Waals surface area contributed by atoms with Crippen LogP contribution in [0.25, 0.3) is 0 Å². The van der Waals surface area contributed by atoms with Crippen molar-refractivity contribution in [1.82, 2.24) is 9.62 Å². The molecule has 0 unspecified atom stereocenters. The quantitative estimate of drug-likeness (QED) is 0.760. The second-order valence-corrected chi connectivity index (χ2v) is 8.65. The summed E-state index contributed by atoms with van der Waals surface area (Å²) in [4.78, 5) is 13.9. The standard InChI is InChI=1S/C16H24N4O3S2/c1-12(2)15(21)18-16(24)17-13-6-4-5-7-14(13)19-8-10-20(11-9-19)25(3,22)23/h4-7,12H,8-11H2,1-3H3,(H2,17,18,21,24). The molecule has 1 aliphatic heterocycles. The molecule has 0 radical (unpaired) electrons. The number of piperazine rings is 1. The SMILES string of the molecule is CC(C)C(=O)NC(=S)Nc1ccccc1N1CCN(S(C)(=O)=O)CC1. The number of hydrogen-bond acceptors (Lipinski definition) is 5. The molecule has 1 saturated heterocycles. The molecule has 0 aliphatic carbocycles. The molecule has 0 aromatic heterocycles. The largest absolute Gasteiger partial charge is 0.367 e. The molecule has 1 aromatic carbocycles. The maximum absolute atomic E-state index is 11.7. The van der Waals surface area contributed by atoms with E-state index in [1.165, 1.54) is 10.6 Å². The molecule has 0 saturated carbocycles. The molecular formula is C16H24N4O3S2. The highest BCUT2D eigenvalue weighted by Crippen LogP contribution is 2.27. The van der Waals surface area contributed by atoms with Crippen molar-refractivity contribution < 1.29 is 13.2 Å². The van der Waals surface area contributed by atoms with Crippen LogP contribution in [0.2, 0.25) is 0 Å². The number of carbonyl (C=O) groups is 1. The average molecular weight is 385 g/mol. The van der Waals surface area contributed by atoms with Crippen LogP contribution >= 0.6 is 12.2 Å². The topological polar surface area (TPSA) is 81.8 Å². The first-order valence-electron chi connectivity index (χ1n) is 8.09. The number of anilines is 2. The highest BCUT2D eigenvalue weighted by molar-refractivity contribution is 7.88. The molecule has 0 atom stereocenters. The van der Waals surface area contributed by atoms with Crippen molar-refractivity contribution in [3.63, 3.8) is 0 Å². The van der Waals surface area contributed by atoms with Gasteiger partial charge in [0.1, 0.15) is 0 Å². The Bertz CT molecular complexity index is 742. The summed E-state index contributed by atoms with van der Waals surface area (Å²) in [6.45, 7) is 5.68. The fraction of sp³-hybridized carbons (Fsp3) is 0.500. The van der Waals surface area contributed by atoms with Gasteiger partial charge in [0.25, 0.3) is 0 Å². The Labute approximate surface area is 154 Å². The third kappa shape index (κ3) is 5.38. The molecule has 2 rings (SSSR count). The maximum atomic E-state index is 11.7. The van der Waals surface area contributed by atoms with E-state index >= 15 is 0 Å².